The fourth-order valence-electron chi connectivity index (χ4n) is 2.31. The Labute approximate surface area is 100 Å². The molecule has 1 aromatic carbocycles. The standard InChI is InChI=1S/C13H14N2O2/c14-8-11-3-1-2-4-12(11)15-6-5-10(9-15)7-13(16)17/h1-4,10H,5-7,9H2,(H,16,17). The van der Waals surface area contributed by atoms with E-state index in [1.165, 1.54) is 0 Å². The number of para-hydroxylation sites is 1. The van der Waals surface area contributed by atoms with Gasteiger partial charge in [-0.1, -0.05) is 12.1 Å². The average molecular weight is 230 g/mol. The molecule has 0 spiro atoms. The summed E-state index contributed by atoms with van der Waals surface area (Å²) in [5.74, 6) is -0.551. The third-order valence-corrected chi connectivity index (χ3v) is 3.11. The molecule has 2 rings (SSSR count). The lowest BCUT2D eigenvalue weighted by Crippen LogP contribution is -2.21. The van der Waals surface area contributed by atoms with Gasteiger partial charge in [0.05, 0.1) is 11.3 Å². The Bertz CT molecular complexity index is 465. The Morgan fingerprint density at radius 2 is 2.29 bits per heavy atom. The van der Waals surface area contributed by atoms with Crippen molar-refractivity contribution in [3.05, 3.63) is 29.8 Å². The van der Waals surface area contributed by atoms with Gasteiger partial charge in [0.25, 0.3) is 0 Å². The van der Waals surface area contributed by atoms with Gasteiger partial charge < -0.3 is 10.0 Å². The number of hydrogen-bond acceptors (Lipinski definition) is 3. The highest BCUT2D eigenvalue weighted by atomic mass is 16.4. The van der Waals surface area contributed by atoms with Crippen LogP contribution in [-0.2, 0) is 4.79 Å². The quantitative estimate of drug-likeness (QED) is 0.860. The highest BCUT2D eigenvalue weighted by Gasteiger charge is 2.25. The molecule has 88 valence electrons. The molecule has 0 aliphatic carbocycles. The summed E-state index contributed by atoms with van der Waals surface area (Å²) in [5, 5.41) is 17.8. The summed E-state index contributed by atoms with van der Waals surface area (Å²) in [6, 6.07) is 9.62. The number of aliphatic carboxylic acids is 1. The van der Waals surface area contributed by atoms with Crippen LogP contribution in [0.4, 0.5) is 5.69 Å². The van der Waals surface area contributed by atoms with E-state index < -0.39 is 5.97 Å². The number of carboxylic acid groups (broad SMARTS) is 1. The van der Waals surface area contributed by atoms with Gasteiger partial charge in [-0.15, -0.1) is 0 Å². The second-order valence-corrected chi connectivity index (χ2v) is 4.33. The van der Waals surface area contributed by atoms with Gasteiger partial charge in [-0.25, -0.2) is 0 Å². The van der Waals surface area contributed by atoms with E-state index in [0.717, 1.165) is 25.2 Å². The van der Waals surface area contributed by atoms with E-state index in [2.05, 4.69) is 11.0 Å². The highest BCUT2D eigenvalue weighted by molar-refractivity contribution is 5.67. The van der Waals surface area contributed by atoms with E-state index in [1.807, 2.05) is 18.2 Å². The smallest absolute Gasteiger partial charge is 0.303 e. The lowest BCUT2D eigenvalue weighted by atomic mass is 10.1. The molecule has 17 heavy (non-hydrogen) atoms. The van der Waals surface area contributed by atoms with Crippen LogP contribution in [0.1, 0.15) is 18.4 Å². The van der Waals surface area contributed by atoms with Crippen LogP contribution in [0.5, 0.6) is 0 Å². The van der Waals surface area contributed by atoms with Crippen molar-refractivity contribution in [3.8, 4) is 6.07 Å². The zero-order valence-electron chi connectivity index (χ0n) is 9.47. The van der Waals surface area contributed by atoms with Crippen LogP contribution in [0, 0.1) is 17.2 Å². The summed E-state index contributed by atoms with van der Waals surface area (Å²) in [6.07, 6.45) is 1.09. The number of benzene rings is 1. The molecule has 4 nitrogen and oxygen atoms in total. The van der Waals surface area contributed by atoms with Crippen molar-refractivity contribution in [2.75, 3.05) is 18.0 Å². The van der Waals surface area contributed by atoms with Crippen LogP contribution in [0.15, 0.2) is 24.3 Å². The predicted molar refractivity (Wildman–Crippen MR) is 63.7 cm³/mol. The summed E-state index contributed by atoms with van der Waals surface area (Å²) >= 11 is 0. The minimum Gasteiger partial charge on any atom is -0.481 e. The molecule has 0 saturated carbocycles. The number of rotatable bonds is 3. The van der Waals surface area contributed by atoms with Crippen molar-refractivity contribution in [1.82, 2.24) is 0 Å². The zero-order valence-corrected chi connectivity index (χ0v) is 9.47. The molecule has 1 aromatic rings. The van der Waals surface area contributed by atoms with E-state index in [1.54, 1.807) is 6.07 Å². The van der Waals surface area contributed by atoms with E-state index in [-0.39, 0.29) is 12.3 Å². The summed E-state index contributed by atoms with van der Waals surface area (Å²) in [6.45, 7) is 1.56. The Morgan fingerprint density at radius 1 is 1.53 bits per heavy atom. The van der Waals surface area contributed by atoms with Crippen molar-refractivity contribution < 1.29 is 9.90 Å². The topological polar surface area (TPSA) is 64.3 Å². The van der Waals surface area contributed by atoms with Crippen LogP contribution in [-0.4, -0.2) is 24.2 Å². The number of carboxylic acids is 1. The van der Waals surface area contributed by atoms with Crippen LogP contribution in [0.3, 0.4) is 0 Å². The normalized spacial score (nSPS) is 19.0. The molecule has 1 saturated heterocycles. The summed E-state index contributed by atoms with van der Waals surface area (Å²) in [5.41, 5.74) is 1.58. The molecule has 1 aliphatic rings. The van der Waals surface area contributed by atoms with E-state index >= 15 is 0 Å². The molecular formula is C13H14N2O2. The third kappa shape index (κ3) is 2.56. The summed E-state index contributed by atoms with van der Waals surface area (Å²) in [4.78, 5) is 12.8. The fraction of sp³-hybridized carbons (Fsp3) is 0.385. The molecule has 0 amide bonds. The van der Waals surface area contributed by atoms with Gasteiger partial charge in [-0.3, -0.25) is 4.79 Å². The number of carbonyl (C=O) groups is 1. The van der Waals surface area contributed by atoms with Gasteiger partial charge >= 0.3 is 5.97 Å². The SMILES string of the molecule is N#Cc1ccccc1N1CCC(CC(=O)O)C1. The first kappa shape index (κ1) is 11.5. The van der Waals surface area contributed by atoms with Crippen LogP contribution >= 0.6 is 0 Å². The van der Waals surface area contributed by atoms with Crippen LogP contribution in [0.2, 0.25) is 0 Å². The Kier molecular flexibility index (Phi) is 3.29. The van der Waals surface area contributed by atoms with E-state index in [0.29, 0.717) is 5.56 Å². The monoisotopic (exact) mass is 230 g/mol. The lowest BCUT2D eigenvalue weighted by molar-refractivity contribution is -0.137. The third-order valence-electron chi connectivity index (χ3n) is 3.11. The molecule has 4 heteroatoms. The van der Waals surface area contributed by atoms with Crippen LogP contribution in [0.25, 0.3) is 0 Å². The molecular weight excluding hydrogens is 216 g/mol. The summed E-state index contributed by atoms with van der Waals surface area (Å²) in [7, 11) is 0. The second-order valence-electron chi connectivity index (χ2n) is 4.33. The van der Waals surface area contributed by atoms with Gasteiger partial charge in [-0.05, 0) is 24.5 Å². The molecule has 1 N–H and O–H groups in total. The molecule has 1 heterocycles. The van der Waals surface area contributed by atoms with Crippen LogP contribution < -0.4 is 4.90 Å². The van der Waals surface area contributed by atoms with Gasteiger partial charge in [0.1, 0.15) is 6.07 Å². The average Bonchev–Trinajstić information content (AvgIpc) is 2.76. The Hall–Kier alpha value is -2.02. The first-order chi connectivity index (χ1) is 8.20. The van der Waals surface area contributed by atoms with Crippen molar-refractivity contribution in [1.29, 1.82) is 5.26 Å². The maximum absolute atomic E-state index is 10.7. The van der Waals surface area contributed by atoms with Crippen molar-refractivity contribution in [2.45, 2.75) is 12.8 Å². The molecule has 0 aromatic heterocycles. The Morgan fingerprint density at radius 3 is 3.00 bits per heavy atom. The van der Waals surface area contributed by atoms with Gasteiger partial charge in [0.2, 0.25) is 0 Å². The predicted octanol–water partition coefficient (Wildman–Crippen LogP) is 1.86. The molecule has 1 aliphatic heterocycles. The molecule has 0 bridgehead atoms. The van der Waals surface area contributed by atoms with E-state index in [9.17, 15) is 4.79 Å². The Balaban J connectivity index is 2.10. The molecule has 1 unspecified atom stereocenters. The van der Waals surface area contributed by atoms with Gasteiger partial charge in [0, 0.05) is 19.5 Å². The van der Waals surface area contributed by atoms with Gasteiger partial charge in [0.15, 0.2) is 0 Å². The number of anilines is 1. The maximum Gasteiger partial charge on any atom is 0.303 e. The minimum atomic E-state index is -0.745. The van der Waals surface area contributed by atoms with E-state index in [4.69, 9.17) is 10.4 Å². The number of hydrogen-bond donors (Lipinski definition) is 1. The molecule has 0 radical (unpaired) electrons. The zero-order chi connectivity index (χ0) is 12.3. The van der Waals surface area contributed by atoms with Gasteiger partial charge in [-0.2, -0.15) is 5.26 Å². The van der Waals surface area contributed by atoms with Crippen molar-refractivity contribution in [3.63, 3.8) is 0 Å². The lowest BCUT2D eigenvalue weighted by Gasteiger charge is -2.19. The second kappa shape index (κ2) is 4.88. The first-order valence-electron chi connectivity index (χ1n) is 5.66. The maximum atomic E-state index is 10.7. The molecule has 1 atom stereocenters. The van der Waals surface area contributed by atoms with Crippen molar-refractivity contribution in [2.24, 2.45) is 5.92 Å². The first-order valence-corrected chi connectivity index (χ1v) is 5.66. The fourth-order valence-corrected chi connectivity index (χ4v) is 2.31. The van der Waals surface area contributed by atoms with Crippen molar-refractivity contribution >= 4 is 11.7 Å². The largest absolute Gasteiger partial charge is 0.481 e. The number of nitriles is 1. The summed E-state index contributed by atoms with van der Waals surface area (Å²) < 4.78 is 0. The minimum absolute atomic E-state index is 0.194. The highest BCUT2D eigenvalue weighted by Crippen LogP contribution is 2.27. The molecule has 1 fully saturated rings. The number of nitrogens with zero attached hydrogens (tertiary/aromatic N) is 2.